The summed E-state index contributed by atoms with van der Waals surface area (Å²) in [6, 6.07) is 2.52. The second kappa shape index (κ2) is 2.56. The third-order valence-electron chi connectivity index (χ3n) is 3.62. The molecule has 1 saturated carbocycles. The zero-order chi connectivity index (χ0) is 9.87. The monoisotopic (exact) mass is 194 g/mol. The van der Waals surface area contributed by atoms with Gasteiger partial charge in [-0.25, -0.2) is 8.78 Å². The van der Waals surface area contributed by atoms with E-state index >= 15 is 0 Å². The van der Waals surface area contributed by atoms with Gasteiger partial charge in [-0.15, -0.1) is 0 Å². The molecule has 3 rings (SSSR count). The molecule has 0 heterocycles. The van der Waals surface area contributed by atoms with Crippen LogP contribution in [0, 0.1) is 17.6 Å². The molecular formula is C12H12F2. The highest BCUT2D eigenvalue weighted by Gasteiger charge is 2.46. The highest BCUT2D eigenvalue weighted by atomic mass is 19.1. The van der Waals surface area contributed by atoms with Gasteiger partial charge in [0, 0.05) is 0 Å². The molecular weight excluding hydrogens is 182 g/mol. The Morgan fingerprint density at radius 3 is 2.43 bits per heavy atom. The number of hydrogen-bond donors (Lipinski definition) is 0. The van der Waals surface area contributed by atoms with Crippen LogP contribution < -0.4 is 0 Å². The van der Waals surface area contributed by atoms with E-state index in [-0.39, 0.29) is 17.6 Å². The summed E-state index contributed by atoms with van der Waals surface area (Å²) in [6.07, 6.45) is 2.08. The SMILES string of the molecule is CC1C[C@H]2C[C@H]2c2c(F)ccc(F)c21. The van der Waals surface area contributed by atoms with E-state index in [1.807, 2.05) is 6.92 Å². The molecule has 2 aliphatic carbocycles. The van der Waals surface area contributed by atoms with Crippen LogP contribution in [0.1, 0.15) is 42.7 Å². The van der Waals surface area contributed by atoms with Crippen LogP contribution in [0.25, 0.3) is 0 Å². The minimum absolute atomic E-state index is 0.185. The first-order valence-corrected chi connectivity index (χ1v) is 5.16. The van der Waals surface area contributed by atoms with E-state index in [1.165, 1.54) is 12.1 Å². The quantitative estimate of drug-likeness (QED) is 0.592. The molecule has 0 radical (unpaired) electrons. The van der Waals surface area contributed by atoms with Gasteiger partial charge in [-0.3, -0.25) is 0 Å². The fraction of sp³-hybridized carbons (Fsp3) is 0.500. The van der Waals surface area contributed by atoms with Crippen LogP contribution in [0.4, 0.5) is 8.78 Å². The van der Waals surface area contributed by atoms with E-state index in [9.17, 15) is 8.78 Å². The summed E-state index contributed by atoms with van der Waals surface area (Å²) in [7, 11) is 0. The zero-order valence-corrected chi connectivity index (χ0v) is 8.06. The molecule has 0 nitrogen and oxygen atoms in total. The van der Waals surface area contributed by atoms with E-state index in [0.717, 1.165) is 12.8 Å². The Morgan fingerprint density at radius 2 is 1.71 bits per heavy atom. The second-order valence-corrected chi connectivity index (χ2v) is 4.60. The highest BCUT2D eigenvalue weighted by molar-refractivity contribution is 5.42. The van der Waals surface area contributed by atoms with Crippen LogP contribution in [0.3, 0.4) is 0 Å². The van der Waals surface area contributed by atoms with Crippen LogP contribution in [0.15, 0.2) is 12.1 Å². The molecule has 2 heteroatoms. The molecule has 0 spiro atoms. The van der Waals surface area contributed by atoms with E-state index < -0.39 is 0 Å². The maximum Gasteiger partial charge on any atom is 0.127 e. The molecule has 2 aliphatic rings. The summed E-state index contributed by atoms with van der Waals surface area (Å²) in [5, 5.41) is 0. The van der Waals surface area contributed by atoms with Gasteiger partial charge >= 0.3 is 0 Å². The fourth-order valence-corrected chi connectivity index (χ4v) is 2.89. The van der Waals surface area contributed by atoms with E-state index in [4.69, 9.17) is 0 Å². The number of rotatable bonds is 0. The summed E-state index contributed by atoms with van der Waals surface area (Å²) in [4.78, 5) is 0. The van der Waals surface area contributed by atoms with Gasteiger partial charge in [-0.2, -0.15) is 0 Å². The molecule has 74 valence electrons. The first-order valence-electron chi connectivity index (χ1n) is 5.16. The molecule has 14 heavy (non-hydrogen) atoms. The molecule has 0 bridgehead atoms. The Kier molecular flexibility index (Phi) is 1.53. The summed E-state index contributed by atoms with van der Waals surface area (Å²) < 4.78 is 27.1. The molecule has 0 aliphatic heterocycles. The first kappa shape index (κ1) is 8.39. The Bertz CT molecular complexity index is 377. The lowest BCUT2D eigenvalue weighted by molar-refractivity contribution is 0.499. The standard InChI is InChI=1S/C12H12F2/c1-6-4-7-5-8(7)12-10(14)3-2-9(13)11(6)12/h2-3,6-8H,4-5H2,1H3/t6?,7-,8+/m0/s1. The zero-order valence-electron chi connectivity index (χ0n) is 8.06. The Hall–Kier alpha value is -0.920. The largest absolute Gasteiger partial charge is 0.207 e. The molecule has 3 atom stereocenters. The van der Waals surface area contributed by atoms with Crippen molar-refractivity contribution in [3.05, 3.63) is 34.9 Å². The Labute approximate surface area is 81.9 Å². The minimum atomic E-state index is -0.223. The third-order valence-corrected chi connectivity index (χ3v) is 3.62. The van der Waals surface area contributed by atoms with Crippen LogP contribution in [0.5, 0.6) is 0 Å². The van der Waals surface area contributed by atoms with Gasteiger partial charge in [0.2, 0.25) is 0 Å². The molecule has 0 aromatic heterocycles. The normalized spacial score (nSPS) is 33.5. The van der Waals surface area contributed by atoms with E-state index in [2.05, 4.69) is 0 Å². The van der Waals surface area contributed by atoms with Crippen molar-refractivity contribution in [1.29, 1.82) is 0 Å². The van der Waals surface area contributed by atoms with Crippen molar-refractivity contribution in [2.75, 3.05) is 0 Å². The van der Waals surface area contributed by atoms with Gasteiger partial charge in [0.15, 0.2) is 0 Å². The van der Waals surface area contributed by atoms with Crippen LogP contribution in [0.2, 0.25) is 0 Å². The molecule has 1 aromatic rings. The molecule has 1 fully saturated rings. The lowest BCUT2D eigenvalue weighted by Gasteiger charge is -2.22. The Morgan fingerprint density at radius 1 is 1.07 bits per heavy atom. The lowest BCUT2D eigenvalue weighted by Crippen LogP contribution is -2.10. The fourth-order valence-electron chi connectivity index (χ4n) is 2.89. The minimum Gasteiger partial charge on any atom is -0.207 e. The second-order valence-electron chi connectivity index (χ2n) is 4.60. The average Bonchev–Trinajstić information content (AvgIpc) is 2.88. The average molecular weight is 194 g/mol. The highest BCUT2D eigenvalue weighted by Crippen LogP contribution is 2.58. The van der Waals surface area contributed by atoms with Gasteiger partial charge in [0.25, 0.3) is 0 Å². The van der Waals surface area contributed by atoms with Gasteiger partial charge in [-0.1, -0.05) is 6.92 Å². The van der Waals surface area contributed by atoms with Gasteiger partial charge < -0.3 is 0 Å². The first-order chi connectivity index (χ1) is 6.68. The lowest BCUT2D eigenvalue weighted by atomic mass is 9.83. The van der Waals surface area contributed by atoms with Gasteiger partial charge in [0.1, 0.15) is 11.6 Å². The maximum atomic E-state index is 13.5. The summed E-state index contributed by atoms with van der Waals surface area (Å²) >= 11 is 0. The maximum absolute atomic E-state index is 13.5. The number of hydrogen-bond acceptors (Lipinski definition) is 0. The predicted octanol–water partition coefficient (Wildman–Crippen LogP) is 3.58. The predicted molar refractivity (Wildman–Crippen MR) is 50.2 cm³/mol. The molecule has 0 N–H and O–H groups in total. The Balaban J connectivity index is 2.25. The summed E-state index contributed by atoms with van der Waals surface area (Å²) in [6.45, 7) is 2.00. The van der Waals surface area contributed by atoms with E-state index in [1.54, 1.807) is 0 Å². The summed E-state index contributed by atoms with van der Waals surface area (Å²) in [5.41, 5.74) is 1.32. The van der Waals surface area contributed by atoms with Crippen molar-refractivity contribution in [3.63, 3.8) is 0 Å². The van der Waals surface area contributed by atoms with Crippen molar-refractivity contribution in [2.45, 2.75) is 31.6 Å². The third kappa shape index (κ3) is 0.969. The number of benzene rings is 1. The molecule has 0 saturated heterocycles. The van der Waals surface area contributed by atoms with Crippen molar-refractivity contribution >= 4 is 0 Å². The molecule has 1 aromatic carbocycles. The molecule has 0 amide bonds. The number of fused-ring (bicyclic) bond motifs is 3. The topological polar surface area (TPSA) is 0 Å². The van der Waals surface area contributed by atoms with Crippen LogP contribution in [-0.2, 0) is 0 Å². The van der Waals surface area contributed by atoms with Gasteiger partial charge in [0.05, 0.1) is 0 Å². The molecule has 1 unspecified atom stereocenters. The van der Waals surface area contributed by atoms with Gasteiger partial charge in [-0.05, 0) is 53.9 Å². The van der Waals surface area contributed by atoms with Crippen molar-refractivity contribution in [2.24, 2.45) is 5.92 Å². The van der Waals surface area contributed by atoms with Crippen molar-refractivity contribution < 1.29 is 8.78 Å². The van der Waals surface area contributed by atoms with Crippen molar-refractivity contribution in [3.8, 4) is 0 Å². The van der Waals surface area contributed by atoms with Crippen LogP contribution >= 0.6 is 0 Å². The van der Waals surface area contributed by atoms with Crippen LogP contribution in [-0.4, -0.2) is 0 Å². The van der Waals surface area contributed by atoms with E-state index in [0.29, 0.717) is 23.0 Å². The van der Waals surface area contributed by atoms with Crippen molar-refractivity contribution in [1.82, 2.24) is 0 Å². The smallest absolute Gasteiger partial charge is 0.127 e. The summed E-state index contributed by atoms with van der Waals surface area (Å²) in [5.74, 6) is 0.690. The number of halogens is 2.